The molecule has 2 aliphatic rings. The molecule has 1 aromatic heterocycles. The van der Waals surface area contributed by atoms with Crippen molar-refractivity contribution in [2.45, 2.75) is 45.2 Å². The number of aliphatic hydroxyl groups is 1. The maximum atomic E-state index is 12.7. The van der Waals surface area contributed by atoms with Crippen LogP contribution in [-0.4, -0.2) is 63.1 Å². The third kappa shape index (κ3) is 5.85. The molecule has 34 heavy (non-hydrogen) atoms. The summed E-state index contributed by atoms with van der Waals surface area (Å²) >= 11 is 5.93. The van der Waals surface area contributed by atoms with Gasteiger partial charge in [0, 0.05) is 41.6 Å². The van der Waals surface area contributed by atoms with Gasteiger partial charge < -0.3 is 25.6 Å². The van der Waals surface area contributed by atoms with Crippen molar-refractivity contribution >= 4 is 29.1 Å². The number of fused-ring (bicyclic) bond motifs is 1. The number of phenolic OH excluding ortho intramolecular Hbond substituents is 1. The van der Waals surface area contributed by atoms with Crippen LogP contribution in [0.2, 0.25) is 5.02 Å². The van der Waals surface area contributed by atoms with Crippen molar-refractivity contribution in [2.75, 3.05) is 18.4 Å². The normalized spacial score (nSPS) is 22.7. The summed E-state index contributed by atoms with van der Waals surface area (Å²) in [4.78, 5) is 31.1. The number of likely N-dealkylation sites (tertiary alicyclic amines) is 1. The first-order valence-electron chi connectivity index (χ1n) is 11.1. The standard InChI is InChI=1S/C24H29ClN4O5/c1-24(2,3)34-23(33)29-11-16-17(12-29)21(16)28-22(32)18-10-15(6-7-26-18)27-20(31)9-13-8-14(25)4-5-19(13)30/h4-8,10,16-17,21,23,30,33H,9,11-12H2,1-3H3,(H,28,32)(H,26,27,31)/t16-,17+,21?,23?. The number of piperidine rings is 1. The van der Waals surface area contributed by atoms with E-state index in [4.69, 9.17) is 16.3 Å². The number of benzene rings is 1. The molecule has 4 rings (SSSR count). The molecule has 182 valence electrons. The number of pyridine rings is 1. The summed E-state index contributed by atoms with van der Waals surface area (Å²) in [6, 6.07) is 7.63. The Morgan fingerprint density at radius 3 is 2.62 bits per heavy atom. The van der Waals surface area contributed by atoms with Crippen LogP contribution >= 0.6 is 11.6 Å². The predicted molar refractivity (Wildman–Crippen MR) is 126 cm³/mol. The molecule has 2 heterocycles. The van der Waals surface area contributed by atoms with Crippen molar-refractivity contribution in [3.8, 4) is 5.75 Å². The quantitative estimate of drug-likeness (QED) is 0.441. The van der Waals surface area contributed by atoms with E-state index < -0.39 is 12.0 Å². The van der Waals surface area contributed by atoms with Crippen LogP contribution in [-0.2, 0) is 16.0 Å². The van der Waals surface area contributed by atoms with Gasteiger partial charge in [-0.05, 0) is 62.9 Å². The van der Waals surface area contributed by atoms with Crippen molar-refractivity contribution < 1.29 is 24.5 Å². The minimum Gasteiger partial charge on any atom is -0.508 e. The lowest BCUT2D eigenvalue weighted by Gasteiger charge is -2.31. The van der Waals surface area contributed by atoms with Crippen molar-refractivity contribution in [2.24, 2.45) is 11.8 Å². The first-order valence-corrected chi connectivity index (χ1v) is 11.5. The number of aliphatic hydroxyl groups excluding tert-OH is 1. The Bertz CT molecular complexity index is 1080. The zero-order chi connectivity index (χ0) is 24.6. The van der Waals surface area contributed by atoms with E-state index in [0.29, 0.717) is 29.4 Å². The number of ether oxygens (including phenoxy) is 1. The number of nitrogens with one attached hydrogen (secondary N) is 2. The van der Waals surface area contributed by atoms with E-state index in [1.165, 1.54) is 24.4 Å². The molecule has 2 fully saturated rings. The maximum Gasteiger partial charge on any atom is 0.270 e. The highest BCUT2D eigenvalue weighted by atomic mass is 35.5. The Kier molecular flexibility index (Phi) is 6.82. The summed E-state index contributed by atoms with van der Waals surface area (Å²) in [7, 11) is 0. The number of amides is 2. The molecule has 4 N–H and O–H groups in total. The number of aromatic nitrogens is 1. The SMILES string of the molecule is CC(C)(C)OC(O)N1C[C@@H]2C(NC(=O)c3cc(NC(=O)Cc4cc(Cl)ccc4O)ccn3)[C@@H]2C1. The fourth-order valence-corrected chi connectivity index (χ4v) is 4.47. The average molecular weight is 489 g/mol. The van der Waals surface area contributed by atoms with Crippen LogP contribution in [0, 0.1) is 11.8 Å². The number of hydrogen-bond acceptors (Lipinski definition) is 7. The first kappa shape index (κ1) is 24.4. The highest BCUT2D eigenvalue weighted by Crippen LogP contribution is 2.46. The third-order valence-corrected chi connectivity index (χ3v) is 6.20. The van der Waals surface area contributed by atoms with E-state index in [1.807, 2.05) is 25.7 Å². The van der Waals surface area contributed by atoms with Crippen LogP contribution in [0.25, 0.3) is 0 Å². The van der Waals surface area contributed by atoms with E-state index in [-0.39, 0.29) is 47.6 Å². The molecule has 9 nitrogen and oxygen atoms in total. The van der Waals surface area contributed by atoms with Crippen LogP contribution < -0.4 is 10.6 Å². The lowest BCUT2D eigenvalue weighted by molar-refractivity contribution is -0.236. The summed E-state index contributed by atoms with van der Waals surface area (Å²) in [5.74, 6) is -0.171. The monoisotopic (exact) mass is 488 g/mol. The van der Waals surface area contributed by atoms with Crippen LogP contribution in [0.5, 0.6) is 5.75 Å². The first-order chi connectivity index (χ1) is 16.0. The molecule has 1 aliphatic carbocycles. The molecule has 2 aromatic rings. The average Bonchev–Trinajstić information content (AvgIpc) is 3.16. The summed E-state index contributed by atoms with van der Waals surface area (Å²) in [5, 5.41) is 26.3. The van der Waals surface area contributed by atoms with E-state index in [2.05, 4.69) is 15.6 Å². The van der Waals surface area contributed by atoms with Gasteiger partial charge in [-0.25, -0.2) is 0 Å². The van der Waals surface area contributed by atoms with Gasteiger partial charge in [-0.1, -0.05) is 11.6 Å². The van der Waals surface area contributed by atoms with Gasteiger partial charge in [0.25, 0.3) is 5.91 Å². The lowest BCUT2D eigenvalue weighted by atomic mass is 10.1. The van der Waals surface area contributed by atoms with Crippen molar-refractivity contribution in [3.63, 3.8) is 0 Å². The topological polar surface area (TPSA) is 124 Å². The highest BCUT2D eigenvalue weighted by molar-refractivity contribution is 6.30. The fourth-order valence-electron chi connectivity index (χ4n) is 4.28. The second kappa shape index (κ2) is 9.50. The predicted octanol–water partition coefficient (Wildman–Crippen LogP) is 2.37. The Hall–Kier alpha value is -2.72. The Morgan fingerprint density at radius 2 is 1.94 bits per heavy atom. The van der Waals surface area contributed by atoms with Gasteiger partial charge in [-0.15, -0.1) is 0 Å². The summed E-state index contributed by atoms with van der Waals surface area (Å²) < 4.78 is 5.60. The van der Waals surface area contributed by atoms with Crippen LogP contribution in [0.4, 0.5) is 5.69 Å². The molecule has 1 saturated heterocycles. The Labute approximate surface area is 203 Å². The number of hydrogen-bond donors (Lipinski definition) is 4. The number of halogens is 1. The number of aromatic hydroxyl groups is 1. The number of anilines is 1. The number of carbonyl (C=O) groups is 2. The molecular weight excluding hydrogens is 460 g/mol. The Morgan fingerprint density at radius 1 is 1.24 bits per heavy atom. The number of rotatable bonds is 7. The van der Waals surface area contributed by atoms with Crippen LogP contribution in [0.1, 0.15) is 36.8 Å². The molecule has 0 spiro atoms. The minimum absolute atomic E-state index is 0.0135. The van der Waals surface area contributed by atoms with E-state index in [0.717, 1.165) is 0 Å². The van der Waals surface area contributed by atoms with Gasteiger partial charge >= 0.3 is 0 Å². The van der Waals surface area contributed by atoms with Crippen LogP contribution in [0.3, 0.4) is 0 Å². The van der Waals surface area contributed by atoms with Gasteiger partial charge in [-0.3, -0.25) is 19.5 Å². The van der Waals surface area contributed by atoms with Gasteiger partial charge in [0.1, 0.15) is 11.4 Å². The summed E-state index contributed by atoms with van der Waals surface area (Å²) in [5.41, 5.74) is 0.586. The van der Waals surface area contributed by atoms with Gasteiger partial charge in [0.15, 0.2) is 0 Å². The number of nitrogens with zero attached hydrogens (tertiary/aromatic N) is 2. The summed E-state index contributed by atoms with van der Waals surface area (Å²) in [6.45, 7) is 6.96. The second-order valence-corrected chi connectivity index (χ2v) is 10.2. The molecular formula is C24H29ClN4O5. The lowest BCUT2D eigenvalue weighted by Crippen LogP contribution is -2.44. The van der Waals surface area contributed by atoms with Crippen LogP contribution in [0.15, 0.2) is 36.5 Å². The van der Waals surface area contributed by atoms with Gasteiger partial charge in [0.05, 0.1) is 12.0 Å². The largest absolute Gasteiger partial charge is 0.508 e. The molecule has 2 amide bonds. The van der Waals surface area contributed by atoms with E-state index in [9.17, 15) is 19.8 Å². The molecule has 0 bridgehead atoms. The summed E-state index contributed by atoms with van der Waals surface area (Å²) in [6.07, 6.45) is 0.430. The van der Waals surface area contributed by atoms with E-state index >= 15 is 0 Å². The van der Waals surface area contributed by atoms with Gasteiger partial charge in [0.2, 0.25) is 12.3 Å². The maximum absolute atomic E-state index is 12.7. The molecule has 1 aliphatic heterocycles. The number of carbonyl (C=O) groups excluding carboxylic acids is 2. The Balaban J connectivity index is 1.29. The zero-order valence-electron chi connectivity index (χ0n) is 19.3. The highest BCUT2D eigenvalue weighted by Gasteiger charge is 2.57. The van der Waals surface area contributed by atoms with Gasteiger partial charge in [-0.2, -0.15) is 0 Å². The minimum atomic E-state index is -0.958. The smallest absolute Gasteiger partial charge is 0.270 e. The van der Waals surface area contributed by atoms with E-state index in [1.54, 1.807) is 12.1 Å². The zero-order valence-corrected chi connectivity index (χ0v) is 20.0. The third-order valence-electron chi connectivity index (χ3n) is 5.96. The molecule has 2 unspecified atom stereocenters. The molecule has 1 saturated carbocycles. The molecule has 4 atom stereocenters. The number of phenols is 1. The molecule has 0 radical (unpaired) electrons. The second-order valence-electron chi connectivity index (χ2n) is 9.77. The van der Waals surface area contributed by atoms with Crippen molar-refractivity contribution in [1.29, 1.82) is 0 Å². The fraction of sp³-hybridized carbons (Fsp3) is 0.458. The van der Waals surface area contributed by atoms with Crippen molar-refractivity contribution in [3.05, 3.63) is 52.8 Å². The molecule has 10 heteroatoms. The van der Waals surface area contributed by atoms with Crippen molar-refractivity contribution in [1.82, 2.24) is 15.2 Å². The molecule has 1 aromatic carbocycles.